The Morgan fingerprint density at radius 2 is 2.38 bits per heavy atom. The summed E-state index contributed by atoms with van der Waals surface area (Å²) in [6, 6.07) is 4.94. The van der Waals surface area contributed by atoms with Crippen LogP contribution in [-0.2, 0) is 4.79 Å². The fourth-order valence-electron chi connectivity index (χ4n) is 1.99. The predicted octanol–water partition coefficient (Wildman–Crippen LogP) is 1.51. The first-order valence-electron chi connectivity index (χ1n) is 6.30. The van der Waals surface area contributed by atoms with Crippen molar-refractivity contribution in [1.82, 2.24) is 25.9 Å². The first kappa shape index (κ1) is 13.6. The maximum Gasteiger partial charge on any atom is 0.251 e. The number of amides is 1. The highest BCUT2D eigenvalue weighted by atomic mass is 35.5. The number of nitrogens with zero attached hydrogens (tertiary/aromatic N) is 3. The molecule has 1 atom stereocenters. The molecule has 2 N–H and O–H groups in total. The Hall–Kier alpha value is -2.41. The fraction of sp³-hybridized carbons (Fsp3) is 0.231. The van der Waals surface area contributed by atoms with Crippen LogP contribution in [0.5, 0.6) is 5.75 Å². The molecule has 8 heteroatoms. The summed E-state index contributed by atoms with van der Waals surface area (Å²) in [6.45, 7) is 1.98. The molecule has 0 fully saturated rings. The van der Waals surface area contributed by atoms with Crippen LogP contribution in [0, 0.1) is 0 Å². The van der Waals surface area contributed by atoms with Crippen molar-refractivity contribution >= 4 is 23.6 Å². The van der Waals surface area contributed by atoms with E-state index < -0.39 is 0 Å². The summed E-state index contributed by atoms with van der Waals surface area (Å²) in [5, 5.41) is 16.9. The van der Waals surface area contributed by atoms with E-state index >= 15 is 0 Å². The van der Waals surface area contributed by atoms with Crippen LogP contribution in [0.1, 0.15) is 24.4 Å². The molecule has 1 aliphatic rings. The van der Waals surface area contributed by atoms with Crippen LogP contribution in [0.15, 0.2) is 23.8 Å². The van der Waals surface area contributed by atoms with E-state index in [1.165, 1.54) is 0 Å². The molecule has 1 aromatic heterocycles. The number of tetrazole rings is 1. The van der Waals surface area contributed by atoms with E-state index in [1.807, 2.05) is 0 Å². The number of hydrogen-bond acceptors (Lipinski definition) is 5. The van der Waals surface area contributed by atoms with Gasteiger partial charge in [-0.3, -0.25) is 4.79 Å². The van der Waals surface area contributed by atoms with Gasteiger partial charge in [0.25, 0.3) is 5.91 Å². The molecule has 1 unspecified atom stereocenters. The topological polar surface area (TPSA) is 92.8 Å². The molecule has 1 amide bonds. The van der Waals surface area contributed by atoms with E-state index in [0.29, 0.717) is 22.2 Å². The van der Waals surface area contributed by atoms with E-state index in [2.05, 4.69) is 25.9 Å². The molecule has 0 saturated carbocycles. The second kappa shape index (κ2) is 5.53. The highest BCUT2D eigenvalue weighted by molar-refractivity contribution is 6.30. The Morgan fingerprint density at radius 1 is 1.52 bits per heavy atom. The van der Waals surface area contributed by atoms with Crippen molar-refractivity contribution in [2.75, 3.05) is 6.61 Å². The number of aromatic nitrogens is 4. The van der Waals surface area contributed by atoms with Crippen molar-refractivity contribution in [2.45, 2.75) is 13.0 Å². The van der Waals surface area contributed by atoms with Gasteiger partial charge in [-0.25, -0.2) is 0 Å². The number of carbonyl (C=O) groups is 1. The number of rotatable bonds is 3. The van der Waals surface area contributed by atoms with Crippen LogP contribution in [0.3, 0.4) is 0 Å². The molecule has 21 heavy (non-hydrogen) atoms. The van der Waals surface area contributed by atoms with E-state index in [-0.39, 0.29) is 18.6 Å². The monoisotopic (exact) mass is 305 g/mol. The SMILES string of the molecule is CC(NC(=O)C1=Cc2cc(Cl)ccc2OC1)c1nn[nH]n1. The van der Waals surface area contributed by atoms with Gasteiger partial charge in [-0.2, -0.15) is 5.21 Å². The van der Waals surface area contributed by atoms with Gasteiger partial charge in [0.2, 0.25) is 0 Å². The van der Waals surface area contributed by atoms with Crippen molar-refractivity contribution in [2.24, 2.45) is 0 Å². The zero-order valence-electron chi connectivity index (χ0n) is 11.1. The van der Waals surface area contributed by atoms with Crippen LogP contribution in [0.2, 0.25) is 5.02 Å². The first-order chi connectivity index (χ1) is 10.1. The van der Waals surface area contributed by atoms with Crippen molar-refractivity contribution in [1.29, 1.82) is 0 Å². The van der Waals surface area contributed by atoms with E-state index in [9.17, 15) is 4.79 Å². The van der Waals surface area contributed by atoms with Crippen LogP contribution in [-0.4, -0.2) is 33.1 Å². The van der Waals surface area contributed by atoms with Crippen LogP contribution in [0.4, 0.5) is 0 Å². The normalized spacial score (nSPS) is 14.7. The molecule has 3 rings (SSSR count). The van der Waals surface area contributed by atoms with Crippen LogP contribution < -0.4 is 10.1 Å². The summed E-state index contributed by atoms with van der Waals surface area (Å²) in [5.74, 6) is 0.893. The quantitative estimate of drug-likeness (QED) is 0.896. The van der Waals surface area contributed by atoms with Crippen molar-refractivity contribution in [3.05, 3.63) is 40.2 Å². The van der Waals surface area contributed by atoms with Gasteiger partial charge in [-0.15, -0.1) is 10.2 Å². The van der Waals surface area contributed by atoms with Gasteiger partial charge in [0.1, 0.15) is 12.4 Å². The number of fused-ring (bicyclic) bond motifs is 1. The molecule has 0 saturated heterocycles. The third-order valence-corrected chi connectivity index (χ3v) is 3.31. The van der Waals surface area contributed by atoms with Gasteiger partial charge >= 0.3 is 0 Å². The lowest BCUT2D eigenvalue weighted by molar-refractivity contribution is -0.118. The van der Waals surface area contributed by atoms with E-state index in [4.69, 9.17) is 16.3 Å². The molecule has 1 aliphatic heterocycles. The number of halogens is 1. The Labute approximate surface area is 125 Å². The Kier molecular flexibility index (Phi) is 3.57. The summed E-state index contributed by atoms with van der Waals surface area (Å²) < 4.78 is 5.55. The fourth-order valence-corrected chi connectivity index (χ4v) is 2.17. The van der Waals surface area contributed by atoms with E-state index in [1.54, 1.807) is 31.2 Å². The first-order valence-corrected chi connectivity index (χ1v) is 6.68. The van der Waals surface area contributed by atoms with Crippen molar-refractivity contribution < 1.29 is 9.53 Å². The molecular formula is C13H12ClN5O2. The summed E-state index contributed by atoms with van der Waals surface area (Å²) in [7, 11) is 0. The third kappa shape index (κ3) is 2.87. The number of hydrogen-bond donors (Lipinski definition) is 2. The average Bonchev–Trinajstić information content (AvgIpc) is 3.00. The minimum absolute atomic E-state index is 0.208. The molecule has 0 spiro atoms. The molecule has 1 aromatic carbocycles. The van der Waals surface area contributed by atoms with Gasteiger partial charge < -0.3 is 10.1 Å². The number of nitrogens with one attached hydrogen (secondary N) is 2. The van der Waals surface area contributed by atoms with Crippen LogP contribution in [0.25, 0.3) is 6.08 Å². The average molecular weight is 306 g/mol. The molecule has 108 valence electrons. The second-order valence-corrected chi connectivity index (χ2v) is 5.04. The molecule has 7 nitrogen and oxygen atoms in total. The summed E-state index contributed by atoms with van der Waals surface area (Å²) in [4.78, 5) is 12.2. The van der Waals surface area contributed by atoms with Gasteiger partial charge in [0, 0.05) is 10.6 Å². The smallest absolute Gasteiger partial charge is 0.251 e. The summed E-state index contributed by atoms with van der Waals surface area (Å²) >= 11 is 5.94. The lowest BCUT2D eigenvalue weighted by Gasteiger charge is -2.19. The Balaban J connectivity index is 1.76. The molecule has 0 radical (unpaired) electrons. The van der Waals surface area contributed by atoms with Gasteiger partial charge in [0.05, 0.1) is 11.6 Å². The van der Waals surface area contributed by atoms with Crippen LogP contribution >= 0.6 is 11.6 Å². The van der Waals surface area contributed by atoms with E-state index in [0.717, 1.165) is 5.56 Å². The van der Waals surface area contributed by atoms with Gasteiger partial charge in [-0.05, 0) is 31.2 Å². The molecule has 2 heterocycles. The van der Waals surface area contributed by atoms with Crippen molar-refractivity contribution in [3.8, 4) is 5.75 Å². The lowest BCUT2D eigenvalue weighted by atomic mass is 10.1. The zero-order valence-corrected chi connectivity index (χ0v) is 11.9. The molecule has 0 aliphatic carbocycles. The number of benzene rings is 1. The minimum atomic E-state index is -0.349. The van der Waals surface area contributed by atoms with Gasteiger partial charge in [0.15, 0.2) is 5.82 Å². The Morgan fingerprint density at radius 3 is 3.14 bits per heavy atom. The highest BCUT2D eigenvalue weighted by Crippen LogP contribution is 2.29. The highest BCUT2D eigenvalue weighted by Gasteiger charge is 2.20. The summed E-state index contributed by atoms with van der Waals surface area (Å²) in [6.07, 6.45) is 1.77. The molecular weight excluding hydrogens is 294 g/mol. The standard InChI is InChI=1S/C13H12ClN5O2/c1-7(12-16-18-19-17-12)15-13(20)9-4-8-5-10(14)2-3-11(8)21-6-9/h2-5,7H,6H2,1H3,(H,15,20)(H,16,17,18,19). The number of ether oxygens (including phenoxy) is 1. The predicted molar refractivity (Wildman–Crippen MR) is 75.7 cm³/mol. The maximum absolute atomic E-state index is 12.2. The zero-order chi connectivity index (χ0) is 14.8. The second-order valence-electron chi connectivity index (χ2n) is 4.61. The number of carbonyl (C=O) groups excluding carboxylic acids is 1. The summed E-state index contributed by atoms with van der Waals surface area (Å²) in [5.41, 5.74) is 1.30. The Bertz CT molecular complexity index is 699. The lowest BCUT2D eigenvalue weighted by Crippen LogP contribution is -2.31. The third-order valence-electron chi connectivity index (χ3n) is 3.07. The maximum atomic E-state index is 12.2. The molecule has 2 aromatic rings. The number of aromatic amines is 1. The molecule has 0 bridgehead atoms. The van der Waals surface area contributed by atoms with Gasteiger partial charge in [-0.1, -0.05) is 16.8 Å². The van der Waals surface area contributed by atoms with Crippen molar-refractivity contribution in [3.63, 3.8) is 0 Å². The largest absolute Gasteiger partial charge is 0.488 e. The minimum Gasteiger partial charge on any atom is -0.488 e. The number of H-pyrrole nitrogens is 1.